The number of methoxy groups -OCH3 is 1. The van der Waals surface area contributed by atoms with E-state index in [9.17, 15) is 0 Å². The average Bonchev–Trinajstić information content (AvgIpc) is 3.05. The first kappa shape index (κ1) is 17.5. The molecule has 0 unspecified atom stereocenters. The van der Waals surface area contributed by atoms with Gasteiger partial charge in [0.15, 0.2) is 10.9 Å². The Balaban J connectivity index is 1.75. The van der Waals surface area contributed by atoms with Crippen LogP contribution >= 0.6 is 23.6 Å². The Bertz CT molecular complexity index is 863. The molecule has 0 amide bonds. The molecule has 3 rings (SSSR count). The zero-order chi connectivity index (χ0) is 17.6. The number of thiophene rings is 1. The number of hydrogen-bond donors (Lipinski definition) is 3. The van der Waals surface area contributed by atoms with E-state index in [-0.39, 0.29) is 0 Å². The van der Waals surface area contributed by atoms with Gasteiger partial charge in [-0.25, -0.2) is 9.97 Å². The summed E-state index contributed by atoms with van der Waals surface area (Å²) >= 11 is 6.85. The highest BCUT2D eigenvalue weighted by atomic mass is 32.1. The molecule has 0 bridgehead atoms. The Kier molecular flexibility index (Phi) is 5.75. The van der Waals surface area contributed by atoms with Crippen LogP contribution in [-0.2, 0) is 4.74 Å². The first-order valence-corrected chi connectivity index (χ1v) is 9.00. The van der Waals surface area contributed by atoms with Gasteiger partial charge in [0, 0.05) is 18.5 Å². The van der Waals surface area contributed by atoms with Crippen LogP contribution in [0.15, 0.2) is 36.7 Å². The summed E-state index contributed by atoms with van der Waals surface area (Å²) in [5, 5.41) is 3.52. The molecule has 0 aliphatic carbocycles. The topological polar surface area (TPSA) is 71.1 Å². The van der Waals surface area contributed by atoms with Crippen molar-refractivity contribution in [3.8, 4) is 10.4 Å². The maximum atomic E-state index is 5.20. The number of benzene rings is 1. The fourth-order valence-corrected chi connectivity index (χ4v) is 3.44. The monoisotopic (exact) mass is 373 g/mol. The van der Waals surface area contributed by atoms with Gasteiger partial charge in [-0.3, -0.25) is 10.9 Å². The molecule has 8 heteroatoms. The van der Waals surface area contributed by atoms with E-state index in [0.29, 0.717) is 24.1 Å². The van der Waals surface area contributed by atoms with Crippen LogP contribution in [0.5, 0.6) is 0 Å². The molecule has 3 N–H and O–H groups in total. The molecule has 130 valence electrons. The second-order valence-electron chi connectivity index (χ2n) is 5.41. The lowest BCUT2D eigenvalue weighted by atomic mass is 10.1. The maximum Gasteiger partial charge on any atom is 0.185 e. The van der Waals surface area contributed by atoms with Gasteiger partial charge in [0.05, 0.1) is 16.8 Å². The largest absolute Gasteiger partial charge is 0.383 e. The van der Waals surface area contributed by atoms with Gasteiger partial charge in [0.25, 0.3) is 0 Å². The van der Waals surface area contributed by atoms with Gasteiger partial charge in [-0.2, -0.15) is 0 Å². The van der Waals surface area contributed by atoms with E-state index in [1.807, 2.05) is 0 Å². The number of rotatable bonds is 6. The molecule has 25 heavy (non-hydrogen) atoms. The van der Waals surface area contributed by atoms with Crippen molar-refractivity contribution in [1.29, 1.82) is 0 Å². The molecule has 3 aromatic rings. The van der Waals surface area contributed by atoms with Crippen molar-refractivity contribution in [2.45, 2.75) is 6.92 Å². The number of fused-ring (bicyclic) bond motifs is 1. The van der Waals surface area contributed by atoms with Crippen LogP contribution in [0, 0.1) is 6.92 Å². The summed E-state index contributed by atoms with van der Waals surface area (Å²) < 4.78 is 5.95. The molecule has 0 radical (unpaired) electrons. The molecule has 2 heterocycles. The summed E-state index contributed by atoms with van der Waals surface area (Å²) in [6.45, 7) is 3.31. The van der Waals surface area contributed by atoms with Crippen molar-refractivity contribution >= 4 is 44.7 Å². The summed E-state index contributed by atoms with van der Waals surface area (Å²) in [4.78, 5) is 9.82. The van der Waals surface area contributed by atoms with Crippen LogP contribution in [0.3, 0.4) is 0 Å². The molecule has 0 saturated carbocycles. The molecule has 0 fully saturated rings. The Hall–Kier alpha value is -2.29. The number of ether oxygens (including phenoxy) is 1. The van der Waals surface area contributed by atoms with Gasteiger partial charge in [0.1, 0.15) is 6.33 Å². The number of nitrogens with zero attached hydrogens (tertiary/aromatic N) is 2. The lowest BCUT2D eigenvalue weighted by Gasteiger charge is -2.11. The zero-order valence-electron chi connectivity index (χ0n) is 14.0. The zero-order valence-corrected chi connectivity index (χ0v) is 15.6. The minimum atomic E-state index is 0.485. The lowest BCUT2D eigenvalue weighted by molar-refractivity contribution is 0.204. The minimum absolute atomic E-state index is 0.485. The predicted molar refractivity (Wildman–Crippen MR) is 107 cm³/mol. The standard InChI is InChI=1S/C17H19N5OS2/c1-11-3-5-12(6-4-11)14-9-13-15(25-14)16(20-10-19-13)21-22-17(24)18-7-8-23-2/h3-6,9-10H,7-8H2,1-2H3,(H2,18,22,24)(H,19,20,21). The van der Waals surface area contributed by atoms with Gasteiger partial charge >= 0.3 is 0 Å². The van der Waals surface area contributed by atoms with E-state index in [2.05, 4.69) is 63.4 Å². The number of aromatic nitrogens is 2. The van der Waals surface area contributed by atoms with Crippen LogP contribution in [-0.4, -0.2) is 35.3 Å². The maximum absolute atomic E-state index is 5.20. The van der Waals surface area contributed by atoms with Crippen LogP contribution in [0.25, 0.3) is 20.7 Å². The van der Waals surface area contributed by atoms with Gasteiger partial charge in [-0.15, -0.1) is 11.3 Å². The van der Waals surface area contributed by atoms with Crippen molar-refractivity contribution in [3.63, 3.8) is 0 Å². The van der Waals surface area contributed by atoms with E-state index in [1.54, 1.807) is 24.8 Å². The Morgan fingerprint density at radius 2 is 2.04 bits per heavy atom. The van der Waals surface area contributed by atoms with Crippen molar-refractivity contribution in [2.24, 2.45) is 0 Å². The number of nitrogens with one attached hydrogen (secondary N) is 3. The van der Waals surface area contributed by atoms with E-state index in [4.69, 9.17) is 17.0 Å². The number of hydrazine groups is 1. The van der Waals surface area contributed by atoms with Crippen molar-refractivity contribution < 1.29 is 4.74 Å². The molecule has 6 nitrogen and oxygen atoms in total. The summed E-state index contributed by atoms with van der Waals surface area (Å²) in [7, 11) is 1.65. The summed E-state index contributed by atoms with van der Waals surface area (Å²) in [5.41, 5.74) is 9.30. The number of hydrogen-bond acceptors (Lipinski definition) is 6. The predicted octanol–water partition coefficient (Wildman–Crippen LogP) is 3.10. The minimum Gasteiger partial charge on any atom is -0.383 e. The molecule has 0 aliphatic rings. The van der Waals surface area contributed by atoms with Gasteiger partial charge in [-0.05, 0) is 30.8 Å². The third kappa shape index (κ3) is 4.41. The first-order valence-electron chi connectivity index (χ1n) is 7.78. The molecule has 1 aromatic carbocycles. The van der Waals surface area contributed by atoms with Crippen LogP contribution in [0.4, 0.5) is 5.82 Å². The smallest absolute Gasteiger partial charge is 0.185 e. The number of anilines is 1. The normalized spacial score (nSPS) is 10.6. The van der Waals surface area contributed by atoms with E-state index in [0.717, 1.165) is 15.1 Å². The lowest BCUT2D eigenvalue weighted by Crippen LogP contribution is -2.40. The molecule has 2 aromatic heterocycles. The van der Waals surface area contributed by atoms with Crippen molar-refractivity contribution in [2.75, 3.05) is 25.7 Å². The molecule has 0 atom stereocenters. The van der Waals surface area contributed by atoms with Crippen LogP contribution < -0.4 is 16.2 Å². The fourth-order valence-electron chi connectivity index (χ4n) is 2.23. The second-order valence-corrected chi connectivity index (χ2v) is 6.87. The Morgan fingerprint density at radius 3 is 2.80 bits per heavy atom. The van der Waals surface area contributed by atoms with E-state index in [1.165, 1.54) is 11.1 Å². The van der Waals surface area contributed by atoms with E-state index >= 15 is 0 Å². The van der Waals surface area contributed by atoms with Crippen molar-refractivity contribution in [3.05, 3.63) is 42.2 Å². The van der Waals surface area contributed by atoms with Crippen molar-refractivity contribution in [1.82, 2.24) is 20.7 Å². The molecular formula is C17H19N5OS2. The fraction of sp³-hybridized carbons (Fsp3) is 0.235. The summed E-state index contributed by atoms with van der Waals surface area (Å²) in [6.07, 6.45) is 1.54. The van der Waals surface area contributed by atoms with Gasteiger partial charge in [-0.1, -0.05) is 29.8 Å². The summed E-state index contributed by atoms with van der Waals surface area (Å²) in [6, 6.07) is 10.5. The quantitative estimate of drug-likeness (QED) is 0.348. The third-order valence-electron chi connectivity index (χ3n) is 3.53. The third-order valence-corrected chi connectivity index (χ3v) is 4.96. The van der Waals surface area contributed by atoms with Gasteiger partial charge in [0.2, 0.25) is 0 Å². The SMILES string of the molecule is COCCNC(=S)NNc1ncnc2cc(-c3ccc(C)cc3)sc12. The van der Waals surface area contributed by atoms with Crippen LogP contribution in [0.2, 0.25) is 0 Å². The number of aryl methyl sites for hydroxylation is 1. The molecule has 0 spiro atoms. The van der Waals surface area contributed by atoms with E-state index < -0.39 is 0 Å². The van der Waals surface area contributed by atoms with Gasteiger partial charge < -0.3 is 10.1 Å². The Labute approximate surface area is 155 Å². The molecule has 0 saturated heterocycles. The first-order chi connectivity index (χ1) is 12.2. The molecular weight excluding hydrogens is 354 g/mol. The highest BCUT2D eigenvalue weighted by Gasteiger charge is 2.10. The average molecular weight is 374 g/mol. The Morgan fingerprint density at radius 1 is 1.24 bits per heavy atom. The van der Waals surface area contributed by atoms with Crippen LogP contribution in [0.1, 0.15) is 5.56 Å². The second kappa shape index (κ2) is 8.19. The number of thiocarbonyl (C=S) groups is 1. The summed E-state index contributed by atoms with van der Waals surface area (Å²) in [5.74, 6) is 0.698. The highest BCUT2D eigenvalue weighted by molar-refractivity contribution is 7.80. The highest BCUT2D eigenvalue weighted by Crippen LogP contribution is 2.35. The molecule has 0 aliphatic heterocycles.